The van der Waals surface area contributed by atoms with Crippen molar-refractivity contribution in [3.63, 3.8) is 0 Å². The quantitative estimate of drug-likeness (QED) is 0.886. The first kappa shape index (κ1) is 13.1. The van der Waals surface area contributed by atoms with Gasteiger partial charge in [0.25, 0.3) is 0 Å². The van der Waals surface area contributed by atoms with E-state index >= 15 is 0 Å². The number of aryl methyl sites for hydroxylation is 1. The Hall–Kier alpha value is -1.38. The largest absolute Gasteiger partial charge is 0.388 e. The van der Waals surface area contributed by atoms with Gasteiger partial charge >= 0.3 is 0 Å². The van der Waals surface area contributed by atoms with E-state index in [-0.39, 0.29) is 12.2 Å². The van der Waals surface area contributed by atoms with Gasteiger partial charge in [-0.15, -0.1) is 0 Å². The van der Waals surface area contributed by atoms with Gasteiger partial charge in [0.2, 0.25) is 0 Å². The normalized spacial score (nSPS) is 12.4. The van der Waals surface area contributed by atoms with E-state index in [0.717, 1.165) is 11.1 Å². The minimum atomic E-state index is -0.724. The van der Waals surface area contributed by atoms with Crippen molar-refractivity contribution in [2.75, 3.05) is 0 Å². The van der Waals surface area contributed by atoms with E-state index in [1.165, 1.54) is 12.1 Å². The van der Waals surface area contributed by atoms with Crippen molar-refractivity contribution in [1.82, 2.24) is 0 Å². The maximum absolute atomic E-state index is 13.6. The molecule has 0 fully saturated rings. The topological polar surface area (TPSA) is 20.2 Å². The Labute approximate surface area is 111 Å². The first-order chi connectivity index (χ1) is 8.56. The minimum absolute atomic E-state index is 0.218. The number of aliphatic hydroxyl groups is 1. The standard InChI is InChI=1S/C15H14ClFO/c1-10-3-2-4-11(7-10)15(18)9-12-8-13(16)5-6-14(12)17/h2-8,15,18H,9H2,1H3. The van der Waals surface area contributed by atoms with Gasteiger partial charge in [-0.2, -0.15) is 0 Å². The zero-order chi connectivity index (χ0) is 13.1. The summed E-state index contributed by atoms with van der Waals surface area (Å²) in [5.74, 6) is -0.342. The second kappa shape index (κ2) is 5.51. The maximum Gasteiger partial charge on any atom is 0.126 e. The fourth-order valence-electron chi connectivity index (χ4n) is 1.90. The van der Waals surface area contributed by atoms with E-state index in [1.807, 2.05) is 31.2 Å². The van der Waals surface area contributed by atoms with Crippen LogP contribution in [0.5, 0.6) is 0 Å². The van der Waals surface area contributed by atoms with Gasteiger partial charge in [0, 0.05) is 11.4 Å². The smallest absolute Gasteiger partial charge is 0.126 e. The van der Waals surface area contributed by atoms with E-state index in [4.69, 9.17) is 11.6 Å². The SMILES string of the molecule is Cc1cccc(C(O)Cc2cc(Cl)ccc2F)c1. The number of hydrogen-bond donors (Lipinski definition) is 1. The predicted molar refractivity (Wildman–Crippen MR) is 71.3 cm³/mol. The van der Waals surface area contributed by atoms with Crippen molar-refractivity contribution in [1.29, 1.82) is 0 Å². The molecule has 0 spiro atoms. The van der Waals surface area contributed by atoms with E-state index in [9.17, 15) is 9.50 Å². The summed E-state index contributed by atoms with van der Waals surface area (Å²) in [5.41, 5.74) is 2.28. The van der Waals surface area contributed by atoms with Crippen LogP contribution in [0.1, 0.15) is 22.8 Å². The molecule has 1 unspecified atom stereocenters. The minimum Gasteiger partial charge on any atom is -0.388 e. The van der Waals surface area contributed by atoms with Gasteiger partial charge in [-0.25, -0.2) is 4.39 Å². The van der Waals surface area contributed by atoms with Crippen LogP contribution in [0.3, 0.4) is 0 Å². The molecular formula is C15H14ClFO. The van der Waals surface area contributed by atoms with Gasteiger partial charge in [-0.3, -0.25) is 0 Å². The Morgan fingerprint density at radius 3 is 2.72 bits per heavy atom. The molecule has 0 saturated heterocycles. The van der Waals surface area contributed by atoms with Crippen molar-refractivity contribution < 1.29 is 9.50 Å². The number of halogens is 2. The summed E-state index contributed by atoms with van der Waals surface area (Å²) in [6.45, 7) is 1.95. The molecule has 1 nitrogen and oxygen atoms in total. The van der Waals surface area contributed by atoms with Crippen LogP contribution in [0, 0.1) is 12.7 Å². The second-order valence-electron chi connectivity index (χ2n) is 4.37. The van der Waals surface area contributed by atoms with Crippen molar-refractivity contribution in [2.45, 2.75) is 19.4 Å². The molecule has 0 aliphatic heterocycles. The zero-order valence-corrected chi connectivity index (χ0v) is 10.8. The predicted octanol–water partition coefficient (Wildman–Crippen LogP) is 4.06. The first-order valence-electron chi connectivity index (χ1n) is 5.75. The molecule has 94 valence electrons. The van der Waals surface area contributed by atoms with Crippen LogP contribution in [0.25, 0.3) is 0 Å². The summed E-state index contributed by atoms with van der Waals surface area (Å²) in [4.78, 5) is 0. The average Bonchev–Trinajstić information content (AvgIpc) is 2.34. The summed E-state index contributed by atoms with van der Waals surface area (Å²) in [5, 5.41) is 10.6. The maximum atomic E-state index is 13.6. The second-order valence-corrected chi connectivity index (χ2v) is 4.81. The Bertz CT molecular complexity index is 554. The van der Waals surface area contributed by atoms with Crippen LogP contribution in [-0.4, -0.2) is 5.11 Å². The molecule has 0 aromatic heterocycles. The van der Waals surface area contributed by atoms with Crippen LogP contribution in [0.4, 0.5) is 4.39 Å². The highest BCUT2D eigenvalue weighted by atomic mass is 35.5. The van der Waals surface area contributed by atoms with E-state index < -0.39 is 6.10 Å². The van der Waals surface area contributed by atoms with Gasteiger partial charge < -0.3 is 5.11 Å². The Morgan fingerprint density at radius 1 is 1.22 bits per heavy atom. The number of rotatable bonds is 3. The molecule has 0 saturated carbocycles. The third-order valence-electron chi connectivity index (χ3n) is 2.85. The lowest BCUT2D eigenvalue weighted by Gasteiger charge is -2.12. The number of hydrogen-bond acceptors (Lipinski definition) is 1. The average molecular weight is 265 g/mol. The summed E-state index contributed by atoms with van der Waals surface area (Å²) in [7, 11) is 0. The molecule has 1 atom stereocenters. The van der Waals surface area contributed by atoms with Crippen molar-refractivity contribution in [2.24, 2.45) is 0 Å². The molecule has 18 heavy (non-hydrogen) atoms. The Balaban J connectivity index is 2.21. The molecule has 0 radical (unpaired) electrons. The molecule has 0 bridgehead atoms. The van der Waals surface area contributed by atoms with Crippen LogP contribution < -0.4 is 0 Å². The van der Waals surface area contributed by atoms with Crippen LogP contribution in [-0.2, 0) is 6.42 Å². The molecule has 0 amide bonds. The van der Waals surface area contributed by atoms with Crippen molar-refractivity contribution >= 4 is 11.6 Å². The highest BCUT2D eigenvalue weighted by Gasteiger charge is 2.12. The van der Waals surface area contributed by atoms with Gasteiger partial charge in [-0.05, 0) is 36.2 Å². The number of benzene rings is 2. The van der Waals surface area contributed by atoms with Crippen LogP contribution in [0.15, 0.2) is 42.5 Å². The van der Waals surface area contributed by atoms with Crippen LogP contribution in [0.2, 0.25) is 5.02 Å². The van der Waals surface area contributed by atoms with E-state index in [2.05, 4.69) is 0 Å². The van der Waals surface area contributed by atoms with Gasteiger partial charge in [0.15, 0.2) is 0 Å². The summed E-state index contributed by atoms with van der Waals surface area (Å²) < 4.78 is 13.6. The highest BCUT2D eigenvalue weighted by Crippen LogP contribution is 2.23. The van der Waals surface area contributed by atoms with Crippen molar-refractivity contribution in [3.8, 4) is 0 Å². The lowest BCUT2D eigenvalue weighted by molar-refractivity contribution is 0.177. The van der Waals surface area contributed by atoms with Gasteiger partial charge in [-0.1, -0.05) is 41.4 Å². The highest BCUT2D eigenvalue weighted by molar-refractivity contribution is 6.30. The summed E-state index contributed by atoms with van der Waals surface area (Å²) in [6, 6.07) is 11.9. The molecule has 1 N–H and O–H groups in total. The summed E-state index contributed by atoms with van der Waals surface area (Å²) in [6.07, 6.45) is -0.506. The fraction of sp³-hybridized carbons (Fsp3) is 0.200. The fourth-order valence-corrected chi connectivity index (χ4v) is 2.10. The Kier molecular flexibility index (Phi) is 4.00. The first-order valence-corrected chi connectivity index (χ1v) is 6.12. The molecule has 2 aromatic rings. The lowest BCUT2D eigenvalue weighted by Crippen LogP contribution is -2.03. The molecule has 3 heteroatoms. The molecule has 2 aromatic carbocycles. The molecule has 0 aliphatic carbocycles. The summed E-state index contributed by atoms with van der Waals surface area (Å²) >= 11 is 5.82. The molecule has 0 aliphatic rings. The third kappa shape index (κ3) is 3.09. The molecule has 0 heterocycles. The Morgan fingerprint density at radius 2 is 2.00 bits per heavy atom. The van der Waals surface area contributed by atoms with E-state index in [1.54, 1.807) is 6.07 Å². The van der Waals surface area contributed by atoms with Crippen molar-refractivity contribution in [3.05, 3.63) is 70.0 Å². The van der Waals surface area contributed by atoms with Crippen LogP contribution >= 0.6 is 11.6 Å². The molecular weight excluding hydrogens is 251 g/mol. The monoisotopic (exact) mass is 264 g/mol. The zero-order valence-electron chi connectivity index (χ0n) is 10.0. The lowest BCUT2D eigenvalue weighted by atomic mass is 10.00. The number of aliphatic hydroxyl groups excluding tert-OH is 1. The molecule has 2 rings (SSSR count). The van der Waals surface area contributed by atoms with Gasteiger partial charge in [0.1, 0.15) is 5.82 Å². The third-order valence-corrected chi connectivity index (χ3v) is 3.08. The van der Waals surface area contributed by atoms with Gasteiger partial charge in [0.05, 0.1) is 6.10 Å². The van der Waals surface area contributed by atoms with E-state index in [0.29, 0.717) is 10.6 Å².